The molecule has 1 saturated heterocycles. The summed E-state index contributed by atoms with van der Waals surface area (Å²) in [6.07, 6.45) is 1.53. The van der Waals surface area contributed by atoms with Crippen molar-refractivity contribution < 1.29 is 14.3 Å². The van der Waals surface area contributed by atoms with Gasteiger partial charge in [0.1, 0.15) is 12.4 Å². The highest BCUT2D eigenvalue weighted by Crippen LogP contribution is 2.11. The lowest BCUT2D eigenvalue weighted by Crippen LogP contribution is -2.50. The van der Waals surface area contributed by atoms with E-state index in [0.717, 1.165) is 24.6 Å². The van der Waals surface area contributed by atoms with Crippen LogP contribution in [-0.2, 0) is 4.74 Å². The van der Waals surface area contributed by atoms with Gasteiger partial charge in [-0.3, -0.25) is 4.99 Å². The number of hydrogen-bond donors (Lipinski definition) is 2. The van der Waals surface area contributed by atoms with Crippen LogP contribution in [0.5, 0.6) is 5.75 Å². The molecular formula is C18H28N4O3. The van der Waals surface area contributed by atoms with E-state index in [0.29, 0.717) is 38.9 Å². The van der Waals surface area contributed by atoms with Crippen molar-refractivity contribution >= 4 is 12.1 Å². The molecule has 138 valence electrons. The zero-order valence-corrected chi connectivity index (χ0v) is 15.0. The summed E-state index contributed by atoms with van der Waals surface area (Å²) in [5, 5.41) is 6.65. The highest BCUT2D eigenvalue weighted by Gasteiger charge is 2.23. The average molecular weight is 348 g/mol. The van der Waals surface area contributed by atoms with E-state index in [1.165, 1.54) is 0 Å². The molecule has 1 aliphatic heterocycles. The van der Waals surface area contributed by atoms with Crippen LogP contribution >= 0.6 is 0 Å². The summed E-state index contributed by atoms with van der Waals surface area (Å²) < 4.78 is 10.7. The van der Waals surface area contributed by atoms with Crippen molar-refractivity contribution in [1.82, 2.24) is 15.5 Å². The molecule has 0 saturated carbocycles. The summed E-state index contributed by atoms with van der Waals surface area (Å²) in [5.41, 5.74) is 0. The third-order valence-corrected chi connectivity index (χ3v) is 3.99. The van der Waals surface area contributed by atoms with Crippen LogP contribution in [0.3, 0.4) is 0 Å². The van der Waals surface area contributed by atoms with E-state index in [4.69, 9.17) is 9.47 Å². The van der Waals surface area contributed by atoms with E-state index in [1.807, 2.05) is 37.3 Å². The van der Waals surface area contributed by atoms with Gasteiger partial charge in [0.2, 0.25) is 0 Å². The molecule has 7 heteroatoms. The van der Waals surface area contributed by atoms with Crippen LogP contribution < -0.4 is 15.4 Å². The molecule has 2 rings (SSSR count). The Bertz CT molecular complexity index is 543. The van der Waals surface area contributed by atoms with Gasteiger partial charge in [0, 0.05) is 26.2 Å². The Morgan fingerprint density at radius 1 is 1.28 bits per heavy atom. The first kappa shape index (κ1) is 18.9. The van der Waals surface area contributed by atoms with E-state index in [2.05, 4.69) is 15.6 Å². The van der Waals surface area contributed by atoms with Gasteiger partial charge < -0.3 is 25.0 Å². The summed E-state index contributed by atoms with van der Waals surface area (Å²) in [5.74, 6) is 1.62. The fourth-order valence-electron chi connectivity index (χ4n) is 2.66. The molecule has 0 aliphatic carbocycles. The lowest BCUT2D eigenvalue weighted by Gasteiger charge is -2.32. The van der Waals surface area contributed by atoms with Crippen molar-refractivity contribution in [3.8, 4) is 5.75 Å². The molecule has 1 amide bonds. The molecule has 0 atom stereocenters. The minimum absolute atomic E-state index is 0.221. The Morgan fingerprint density at radius 3 is 2.64 bits per heavy atom. The Kier molecular flexibility index (Phi) is 7.88. The summed E-state index contributed by atoms with van der Waals surface area (Å²) in [6, 6.07) is 10.0. The highest BCUT2D eigenvalue weighted by molar-refractivity contribution is 5.80. The second kappa shape index (κ2) is 10.4. The number of carbonyl (C=O) groups is 1. The normalized spacial score (nSPS) is 15.6. The molecule has 1 heterocycles. The van der Waals surface area contributed by atoms with Crippen molar-refractivity contribution in [2.75, 3.05) is 39.9 Å². The minimum Gasteiger partial charge on any atom is -0.492 e. The molecule has 1 aliphatic rings. The van der Waals surface area contributed by atoms with Crippen molar-refractivity contribution in [3.63, 3.8) is 0 Å². The second-order valence-electron chi connectivity index (χ2n) is 5.77. The number of para-hydroxylation sites is 1. The topological polar surface area (TPSA) is 75.2 Å². The zero-order valence-electron chi connectivity index (χ0n) is 15.0. The largest absolute Gasteiger partial charge is 0.492 e. The molecule has 1 fully saturated rings. The lowest BCUT2D eigenvalue weighted by atomic mass is 10.1. The van der Waals surface area contributed by atoms with Gasteiger partial charge in [-0.25, -0.2) is 4.79 Å². The maximum absolute atomic E-state index is 11.7. The van der Waals surface area contributed by atoms with E-state index in [9.17, 15) is 4.79 Å². The van der Waals surface area contributed by atoms with Crippen molar-refractivity contribution in [2.45, 2.75) is 25.8 Å². The number of carbonyl (C=O) groups excluding carboxylic acids is 1. The maximum Gasteiger partial charge on any atom is 0.409 e. The van der Waals surface area contributed by atoms with Crippen LogP contribution in [0.4, 0.5) is 4.79 Å². The smallest absolute Gasteiger partial charge is 0.409 e. The van der Waals surface area contributed by atoms with Gasteiger partial charge in [-0.05, 0) is 31.9 Å². The van der Waals surface area contributed by atoms with Crippen LogP contribution in [0.1, 0.15) is 19.8 Å². The number of rotatable bonds is 6. The first-order valence-electron chi connectivity index (χ1n) is 8.79. The van der Waals surface area contributed by atoms with E-state index in [-0.39, 0.29) is 6.09 Å². The molecule has 25 heavy (non-hydrogen) atoms. The Balaban J connectivity index is 1.64. The van der Waals surface area contributed by atoms with E-state index < -0.39 is 0 Å². The zero-order chi connectivity index (χ0) is 17.9. The number of nitrogens with one attached hydrogen (secondary N) is 2. The maximum atomic E-state index is 11.7. The number of likely N-dealkylation sites (tertiary alicyclic amines) is 1. The van der Waals surface area contributed by atoms with E-state index in [1.54, 1.807) is 11.9 Å². The van der Waals surface area contributed by atoms with Crippen molar-refractivity contribution in [3.05, 3.63) is 30.3 Å². The summed E-state index contributed by atoms with van der Waals surface area (Å²) in [6.45, 7) is 4.86. The molecular weight excluding hydrogens is 320 g/mol. The standard InChI is InChI=1S/C18H28N4O3/c1-3-24-18(23)22-12-9-15(10-13-22)21-17(19-2)20-11-14-25-16-7-5-4-6-8-16/h4-8,15H,3,9-14H2,1-2H3,(H2,19,20,21). The van der Waals surface area contributed by atoms with Gasteiger partial charge in [0.15, 0.2) is 5.96 Å². The Morgan fingerprint density at radius 2 is 2.00 bits per heavy atom. The highest BCUT2D eigenvalue weighted by atomic mass is 16.6. The molecule has 0 bridgehead atoms. The SMILES string of the molecule is CCOC(=O)N1CCC(NC(=NC)NCCOc2ccccc2)CC1. The quantitative estimate of drug-likeness (QED) is 0.466. The molecule has 2 N–H and O–H groups in total. The number of aliphatic imine (C=N–C) groups is 1. The Hall–Kier alpha value is -2.44. The minimum atomic E-state index is -0.221. The third kappa shape index (κ3) is 6.52. The molecule has 7 nitrogen and oxygen atoms in total. The lowest BCUT2D eigenvalue weighted by molar-refractivity contribution is 0.0963. The second-order valence-corrected chi connectivity index (χ2v) is 5.77. The van der Waals surface area contributed by atoms with Crippen LogP contribution in [0, 0.1) is 0 Å². The Labute approximate surface area is 149 Å². The number of hydrogen-bond acceptors (Lipinski definition) is 4. The van der Waals surface area contributed by atoms with Crippen LogP contribution in [0.25, 0.3) is 0 Å². The van der Waals surface area contributed by atoms with Gasteiger partial charge in [-0.1, -0.05) is 18.2 Å². The number of nitrogens with zero attached hydrogens (tertiary/aromatic N) is 2. The molecule has 1 aromatic carbocycles. The number of piperidine rings is 1. The van der Waals surface area contributed by atoms with Gasteiger partial charge >= 0.3 is 6.09 Å². The number of ether oxygens (including phenoxy) is 2. The predicted octanol–water partition coefficient (Wildman–Crippen LogP) is 1.85. The monoisotopic (exact) mass is 348 g/mol. The van der Waals surface area contributed by atoms with Gasteiger partial charge in [0.25, 0.3) is 0 Å². The molecule has 0 radical (unpaired) electrons. The van der Waals surface area contributed by atoms with Crippen molar-refractivity contribution in [1.29, 1.82) is 0 Å². The number of amides is 1. The molecule has 0 unspecified atom stereocenters. The van der Waals surface area contributed by atoms with Crippen molar-refractivity contribution in [2.24, 2.45) is 4.99 Å². The van der Waals surface area contributed by atoms with Crippen LogP contribution in [-0.4, -0.2) is 62.9 Å². The van der Waals surface area contributed by atoms with Crippen LogP contribution in [0.15, 0.2) is 35.3 Å². The average Bonchev–Trinajstić information content (AvgIpc) is 2.65. The fraction of sp³-hybridized carbons (Fsp3) is 0.556. The summed E-state index contributed by atoms with van der Waals surface area (Å²) >= 11 is 0. The summed E-state index contributed by atoms with van der Waals surface area (Å²) in [4.78, 5) is 17.7. The van der Waals surface area contributed by atoms with Gasteiger partial charge in [-0.15, -0.1) is 0 Å². The first-order valence-corrected chi connectivity index (χ1v) is 8.79. The molecule has 0 spiro atoms. The van der Waals surface area contributed by atoms with Crippen LogP contribution in [0.2, 0.25) is 0 Å². The third-order valence-electron chi connectivity index (χ3n) is 3.99. The first-order chi connectivity index (χ1) is 12.2. The molecule has 1 aromatic rings. The number of guanidine groups is 1. The summed E-state index contributed by atoms with van der Waals surface area (Å²) in [7, 11) is 1.75. The van der Waals surface area contributed by atoms with Gasteiger partial charge in [0.05, 0.1) is 13.2 Å². The van der Waals surface area contributed by atoms with Gasteiger partial charge in [-0.2, -0.15) is 0 Å². The predicted molar refractivity (Wildman–Crippen MR) is 98.1 cm³/mol. The van der Waals surface area contributed by atoms with E-state index >= 15 is 0 Å². The fourth-order valence-corrected chi connectivity index (χ4v) is 2.66. The molecule has 0 aromatic heterocycles. The number of benzene rings is 1.